The van der Waals surface area contributed by atoms with Crippen LogP contribution in [-0.2, 0) is 4.79 Å². The second-order valence-corrected chi connectivity index (χ2v) is 4.30. The van der Waals surface area contributed by atoms with Crippen LogP contribution < -0.4 is 0 Å². The molecule has 0 N–H and O–H groups in total. The predicted molar refractivity (Wildman–Crippen MR) is 61.0 cm³/mol. The highest BCUT2D eigenvalue weighted by Gasteiger charge is 2.31. The molecule has 1 saturated heterocycles. The Labute approximate surface area is 95.1 Å². The Bertz CT molecular complexity index is 365. The van der Waals surface area contributed by atoms with Gasteiger partial charge < -0.3 is 0 Å². The number of carbonyl (C=O) groups is 1. The number of benzene rings is 1. The van der Waals surface area contributed by atoms with Crippen LogP contribution in [0.25, 0.3) is 0 Å². The molecule has 0 aliphatic carbocycles. The summed E-state index contributed by atoms with van der Waals surface area (Å²) >= 11 is 0. The van der Waals surface area contributed by atoms with Crippen LogP contribution in [0.5, 0.6) is 0 Å². The summed E-state index contributed by atoms with van der Waals surface area (Å²) in [4.78, 5) is 13.6. The molecule has 1 aliphatic heterocycles. The Morgan fingerprint density at radius 3 is 2.62 bits per heavy atom. The quantitative estimate of drug-likeness (QED) is 0.781. The van der Waals surface area contributed by atoms with E-state index in [0.29, 0.717) is 19.5 Å². The van der Waals surface area contributed by atoms with Crippen molar-refractivity contribution in [2.24, 2.45) is 0 Å². The van der Waals surface area contributed by atoms with E-state index in [9.17, 15) is 9.18 Å². The fourth-order valence-electron chi connectivity index (χ4n) is 2.32. The van der Waals surface area contributed by atoms with Crippen molar-refractivity contribution < 1.29 is 9.18 Å². The van der Waals surface area contributed by atoms with Gasteiger partial charge in [0.25, 0.3) is 0 Å². The maximum atomic E-state index is 13.2. The van der Waals surface area contributed by atoms with Crippen LogP contribution in [-0.4, -0.2) is 29.9 Å². The largest absolute Gasteiger partial charge is 0.298 e. The third kappa shape index (κ3) is 2.30. The van der Waals surface area contributed by atoms with Crippen LogP contribution in [0, 0.1) is 0 Å². The lowest BCUT2D eigenvalue weighted by atomic mass is 10.0. The molecule has 1 fully saturated rings. The number of likely N-dealkylation sites (tertiary alicyclic amines) is 1. The molecular formula is C13H16FNO. The molecule has 1 aromatic carbocycles. The van der Waals surface area contributed by atoms with Gasteiger partial charge in [0, 0.05) is 13.1 Å². The highest BCUT2D eigenvalue weighted by molar-refractivity contribution is 5.82. The molecule has 0 radical (unpaired) electrons. The minimum absolute atomic E-state index is 0.0836. The fourth-order valence-corrected chi connectivity index (χ4v) is 2.32. The van der Waals surface area contributed by atoms with Crippen LogP contribution in [0.15, 0.2) is 30.3 Å². The van der Waals surface area contributed by atoms with Crippen molar-refractivity contribution in [3.8, 4) is 0 Å². The Morgan fingerprint density at radius 1 is 1.44 bits per heavy atom. The first kappa shape index (κ1) is 11.3. The summed E-state index contributed by atoms with van der Waals surface area (Å²) in [7, 11) is 0. The van der Waals surface area contributed by atoms with Crippen molar-refractivity contribution in [1.82, 2.24) is 4.90 Å². The predicted octanol–water partition coefficient (Wildman–Crippen LogP) is 2.36. The van der Waals surface area contributed by atoms with E-state index in [1.165, 1.54) is 0 Å². The Balaban J connectivity index is 2.21. The molecule has 1 aromatic rings. The molecule has 16 heavy (non-hydrogen) atoms. The van der Waals surface area contributed by atoms with E-state index in [-0.39, 0.29) is 11.8 Å². The van der Waals surface area contributed by atoms with E-state index in [4.69, 9.17) is 0 Å². The number of rotatable bonds is 3. The number of Topliss-reactive ketones (excluding diaryl/α,β-unsaturated/α-hetero) is 1. The van der Waals surface area contributed by atoms with Gasteiger partial charge in [-0.1, -0.05) is 30.3 Å². The van der Waals surface area contributed by atoms with Crippen molar-refractivity contribution in [1.29, 1.82) is 0 Å². The molecule has 1 unspecified atom stereocenters. The van der Waals surface area contributed by atoms with Gasteiger partial charge in [-0.3, -0.25) is 9.69 Å². The Hall–Kier alpha value is -1.22. The SMILES string of the molecule is CC(=O)C(c1ccccc1)N1CC[C@H](F)C1. The van der Waals surface area contributed by atoms with E-state index < -0.39 is 6.17 Å². The smallest absolute Gasteiger partial charge is 0.151 e. The van der Waals surface area contributed by atoms with E-state index in [2.05, 4.69) is 0 Å². The number of hydrogen-bond donors (Lipinski definition) is 0. The monoisotopic (exact) mass is 221 g/mol. The van der Waals surface area contributed by atoms with Gasteiger partial charge in [0.15, 0.2) is 5.78 Å². The molecule has 1 aliphatic rings. The number of ketones is 1. The standard InChI is InChI=1S/C13H16FNO/c1-10(16)13(11-5-3-2-4-6-11)15-8-7-12(14)9-15/h2-6,12-13H,7-9H2,1H3/t12-,13?/m0/s1. The second kappa shape index (κ2) is 4.74. The minimum Gasteiger partial charge on any atom is -0.298 e. The zero-order valence-electron chi connectivity index (χ0n) is 9.40. The molecule has 2 atom stereocenters. The summed E-state index contributed by atoms with van der Waals surface area (Å²) in [6.07, 6.45) is -0.248. The number of carbonyl (C=O) groups excluding carboxylic acids is 1. The number of nitrogens with zero attached hydrogens (tertiary/aromatic N) is 1. The zero-order valence-corrected chi connectivity index (χ0v) is 9.40. The third-order valence-electron chi connectivity index (χ3n) is 3.03. The highest BCUT2D eigenvalue weighted by atomic mass is 19.1. The molecule has 0 amide bonds. The first-order valence-electron chi connectivity index (χ1n) is 5.62. The summed E-state index contributed by atoms with van der Waals surface area (Å²) in [5, 5.41) is 0. The first-order chi connectivity index (χ1) is 7.68. The maximum absolute atomic E-state index is 13.2. The Kier molecular flexibility index (Phi) is 3.34. The number of hydrogen-bond acceptors (Lipinski definition) is 2. The molecule has 1 heterocycles. The van der Waals surface area contributed by atoms with Crippen molar-refractivity contribution in [2.75, 3.05) is 13.1 Å². The van der Waals surface area contributed by atoms with Crippen LogP contribution in [0.3, 0.4) is 0 Å². The van der Waals surface area contributed by atoms with Crippen molar-refractivity contribution in [2.45, 2.75) is 25.6 Å². The van der Waals surface area contributed by atoms with Crippen molar-refractivity contribution in [3.63, 3.8) is 0 Å². The van der Waals surface area contributed by atoms with Crippen molar-refractivity contribution >= 4 is 5.78 Å². The molecular weight excluding hydrogens is 205 g/mol. The van der Waals surface area contributed by atoms with E-state index >= 15 is 0 Å². The highest BCUT2D eigenvalue weighted by Crippen LogP contribution is 2.26. The van der Waals surface area contributed by atoms with Gasteiger partial charge in [0.2, 0.25) is 0 Å². The molecule has 2 rings (SSSR count). The van der Waals surface area contributed by atoms with Gasteiger partial charge in [-0.2, -0.15) is 0 Å². The van der Waals surface area contributed by atoms with Gasteiger partial charge in [0.05, 0.1) is 6.04 Å². The van der Waals surface area contributed by atoms with E-state index in [1.807, 2.05) is 35.2 Å². The average Bonchev–Trinajstić information content (AvgIpc) is 2.66. The lowest BCUT2D eigenvalue weighted by molar-refractivity contribution is -0.122. The lowest BCUT2D eigenvalue weighted by Gasteiger charge is -2.25. The molecule has 0 spiro atoms. The minimum atomic E-state index is -0.787. The summed E-state index contributed by atoms with van der Waals surface area (Å²) < 4.78 is 13.2. The number of alkyl halides is 1. The molecule has 86 valence electrons. The first-order valence-corrected chi connectivity index (χ1v) is 5.62. The number of halogens is 1. The van der Waals surface area contributed by atoms with E-state index in [0.717, 1.165) is 5.56 Å². The van der Waals surface area contributed by atoms with Gasteiger partial charge in [0.1, 0.15) is 6.17 Å². The fraction of sp³-hybridized carbons (Fsp3) is 0.462. The van der Waals surface area contributed by atoms with Crippen LogP contribution in [0.2, 0.25) is 0 Å². The van der Waals surface area contributed by atoms with Gasteiger partial charge in [-0.05, 0) is 18.9 Å². The summed E-state index contributed by atoms with van der Waals surface area (Å²) in [5.74, 6) is 0.0836. The zero-order chi connectivity index (χ0) is 11.5. The second-order valence-electron chi connectivity index (χ2n) is 4.30. The van der Waals surface area contributed by atoms with Crippen LogP contribution in [0.4, 0.5) is 4.39 Å². The van der Waals surface area contributed by atoms with Gasteiger partial charge >= 0.3 is 0 Å². The summed E-state index contributed by atoms with van der Waals surface area (Å²) in [6, 6.07) is 9.32. The molecule has 0 aromatic heterocycles. The van der Waals surface area contributed by atoms with Crippen LogP contribution >= 0.6 is 0 Å². The summed E-state index contributed by atoms with van der Waals surface area (Å²) in [6.45, 7) is 2.61. The van der Waals surface area contributed by atoms with E-state index in [1.54, 1.807) is 6.92 Å². The molecule has 2 nitrogen and oxygen atoms in total. The van der Waals surface area contributed by atoms with Crippen molar-refractivity contribution in [3.05, 3.63) is 35.9 Å². The molecule has 0 saturated carbocycles. The normalized spacial score (nSPS) is 23.2. The molecule has 0 bridgehead atoms. The lowest BCUT2D eigenvalue weighted by Crippen LogP contribution is -2.31. The van der Waals surface area contributed by atoms with Gasteiger partial charge in [-0.15, -0.1) is 0 Å². The average molecular weight is 221 g/mol. The summed E-state index contributed by atoms with van der Waals surface area (Å²) in [5.41, 5.74) is 0.962. The van der Waals surface area contributed by atoms with Crippen LogP contribution in [0.1, 0.15) is 24.9 Å². The topological polar surface area (TPSA) is 20.3 Å². The Morgan fingerprint density at radius 2 is 2.12 bits per heavy atom. The maximum Gasteiger partial charge on any atom is 0.151 e. The molecule has 3 heteroatoms. The van der Waals surface area contributed by atoms with Gasteiger partial charge in [-0.25, -0.2) is 4.39 Å². The third-order valence-corrected chi connectivity index (χ3v) is 3.03.